The zero-order valence-electron chi connectivity index (χ0n) is 9.86. The van der Waals surface area contributed by atoms with Gasteiger partial charge in [0.25, 0.3) is 0 Å². The first kappa shape index (κ1) is 11.5. The molecule has 0 bridgehead atoms. The summed E-state index contributed by atoms with van der Waals surface area (Å²) >= 11 is 0. The van der Waals surface area contributed by atoms with Gasteiger partial charge in [-0.1, -0.05) is 0 Å². The lowest BCUT2D eigenvalue weighted by Crippen LogP contribution is -2.01. The number of aromatic nitrogens is 1. The molecule has 0 radical (unpaired) electrons. The lowest BCUT2D eigenvalue weighted by atomic mass is 10.3. The average Bonchev–Trinajstić information content (AvgIpc) is 2.85. The molecule has 4 N–H and O–H groups in total. The number of ether oxygens (including phenoxy) is 1. The number of hydrogen-bond donors (Lipinski definition) is 3. The summed E-state index contributed by atoms with van der Waals surface area (Å²) in [6.45, 7) is 1.30. The molecule has 90 valence electrons. The Hall–Kier alpha value is -1.94. The van der Waals surface area contributed by atoms with Gasteiger partial charge in [0.2, 0.25) is 0 Å². The van der Waals surface area contributed by atoms with Gasteiger partial charge in [-0.15, -0.1) is 0 Å². The maximum atomic E-state index is 5.54. The van der Waals surface area contributed by atoms with E-state index in [0.29, 0.717) is 6.54 Å². The first-order valence-electron chi connectivity index (χ1n) is 5.56. The van der Waals surface area contributed by atoms with Crippen LogP contribution in [0.5, 0.6) is 5.75 Å². The van der Waals surface area contributed by atoms with Crippen LogP contribution in [0.1, 0.15) is 11.4 Å². The number of methoxy groups -OCH3 is 1. The highest BCUT2D eigenvalue weighted by Gasteiger charge is 1.98. The van der Waals surface area contributed by atoms with Gasteiger partial charge in [0, 0.05) is 23.6 Å². The minimum absolute atomic E-state index is 0.544. The number of rotatable bonds is 5. The average molecular weight is 231 g/mol. The van der Waals surface area contributed by atoms with E-state index in [1.807, 2.05) is 36.4 Å². The Kier molecular flexibility index (Phi) is 3.67. The van der Waals surface area contributed by atoms with Crippen molar-refractivity contribution in [3.05, 3.63) is 47.8 Å². The minimum atomic E-state index is 0.544. The number of benzene rings is 1. The van der Waals surface area contributed by atoms with Crippen LogP contribution in [0.2, 0.25) is 0 Å². The molecule has 0 spiro atoms. The molecular weight excluding hydrogens is 214 g/mol. The van der Waals surface area contributed by atoms with Crippen LogP contribution < -0.4 is 15.8 Å². The number of nitrogens with two attached hydrogens (primary N) is 1. The third kappa shape index (κ3) is 3.01. The molecular formula is C13H17N3O. The molecule has 1 aromatic carbocycles. The number of hydrogen-bond acceptors (Lipinski definition) is 3. The molecule has 0 unspecified atom stereocenters. The van der Waals surface area contributed by atoms with Gasteiger partial charge in [-0.05, 0) is 36.4 Å². The van der Waals surface area contributed by atoms with E-state index in [2.05, 4.69) is 10.3 Å². The van der Waals surface area contributed by atoms with Gasteiger partial charge >= 0.3 is 0 Å². The summed E-state index contributed by atoms with van der Waals surface area (Å²) in [6.07, 6.45) is 0. The fourth-order valence-electron chi connectivity index (χ4n) is 1.62. The normalized spacial score (nSPS) is 10.2. The summed E-state index contributed by atoms with van der Waals surface area (Å²) in [6, 6.07) is 11.9. The number of aromatic amines is 1. The van der Waals surface area contributed by atoms with E-state index in [1.165, 1.54) is 0 Å². The van der Waals surface area contributed by atoms with Crippen LogP contribution in [0.3, 0.4) is 0 Å². The van der Waals surface area contributed by atoms with Crippen molar-refractivity contribution in [3.63, 3.8) is 0 Å². The van der Waals surface area contributed by atoms with Crippen molar-refractivity contribution < 1.29 is 4.74 Å². The maximum Gasteiger partial charge on any atom is 0.119 e. The summed E-state index contributed by atoms with van der Waals surface area (Å²) in [7, 11) is 1.66. The van der Waals surface area contributed by atoms with Crippen molar-refractivity contribution in [1.82, 2.24) is 4.98 Å². The van der Waals surface area contributed by atoms with Gasteiger partial charge in [0.1, 0.15) is 5.75 Å². The lowest BCUT2D eigenvalue weighted by Gasteiger charge is -2.06. The van der Waals surface area contributed by atoms with Gasteiger partial charge in [0.05, 0.1) is 13.7 Å². The van der Waals surface area contributed by atoms with E-state index >= 15 is 0 Å². The summed E-state index contributed by atoms with van der Waals surface area (Å²) in [5.74, 6) is 0.862. The predicted octanol–water partition coefficient (Wildman–Crippen LogP) is 2.09. The predicted molar refractivity (Wildman–Crippen MR) is 69.0 cm³/mol. The second-order valence-electron chi connectivity index (χ2n) is 3.79. The fraction of sp³-hybridized carbons (Fsp3) is 0.231. The molecule has 0 atom stereocenters. The third-order valence-corrected chi connectivity index (χ3v) is 2.60. The first-order chi connectivity index (χ1) is 8.31. The SMILES string of the molecule is COc1ccc(NCc2ccc(CN)[nH]2)cc1. The summed E-state index contributed by atoms with van der Waals surface area (Å²) in [4.78, 5) is 3.24. The monoisotopic (exact) mass is 231 g/mol. The van der Waals surface area contributed by atoms with Gasteiger partial charge < -0.3 is 20.8 Å². The molecule has 0 aliphatic heterocycles. The molecule has 0 amide bonds. The van der Waals surface area contributed by atoms with E-state index in [-0.39, 0.29) is 0 Å². The van der Waals surface area contributed by atoms with E-state index < -0.39 is 0 Å². The highest BCUT2D eigenvalue weighted by Crippen LogP contribution is 2.15. The van der Waals surface area contributed by atoms with Crippen molar-refractivity contribution in [1.29, 1.82) is 0 Å². The van der Waals surface area contributed by atoms with Crippen molar-refractivity contribution >= 4 is 5.69 Å². The minimum Gasteiger partial charge on any atom is -0.497 e. The van der Waals surface area contributed by atoms with Crippen LogP contribution in [0.25, 0.3) is 0 Å². The van der Waals surface area contributed by atoms with Crippen LogP contribution in [0, 0.1) is 0 Å². The zero-order valence-corrected chi connectivity index (χ0v) is 9.86. The van der Waals surface area contributed by atoms with Crippen LogP contribution in [0.15, 0.2) is 36.4 Å². The van der Waals surface area contributed by atoms with Crippen LogP contribution in [-0.4, -0.2) is 12.1 Å². The molecule has 0 aliphatic carbocycles. The second-order valence-corrected chi connectivity index (χ2v) is 3.79. The topological polar surface area (TPSA) is 63.1 Å². The Morgan fingerprint density at radius 2 is 1.82 bits per heavy atom. The molecule has 2 rings (SSSR count). The molecule has 0 fully saturated rings. The molecule has 1 heterocycles. The highest BCUT2D eigenvalue weighted by molar-refractivity contribution is 5.46. The number of anilines is 1. The van der Waals surface area contributed by atoms with Crippen molar-refractivity contribution in [2.45, 2.75) is 13.1 Å². The Bertz CT molecular complexity index is 462. The van der Waals surface area contributed by atoms with Gasteiger partial charge in [-0.25, -0.2) is 0 Å². The molecule has 0 saturated heterocycles. The number of H-pyrrole nitrogens is 1. The van der Waals surface area contributed by atoms with Gasteiger partial charge in [0.15, 0.2) is 0 Å². The largest absolute Gasteiger partial charge is 0.497 e. The summed E-state index contributed by atoms with van der Waals surface area (Å²) < 4.78 is 5.10. The van der Waals surface area contributed by atoms with E-state index in [0.717, 1.165) is 29.4 Å². The fourth-order valence-corrected chi connectivity index (χ4v) is 1.62. The molecule has 0 saturated carbocycles. The second kappa shape index (κ2) is 5.41. The first-order valence-corrected chi connectivity index (χ1v) is 5.56. The van der Waals surface area contributed by atoms with Gasteiger partial charge in [-0.3, -0.25) is 0 Å². The zero-order chi connectivity index (χ0) is 12.1. The van der Waals surface area contributed by atoms with Crippen molar-refractivity contribution in [2.75, 3.05) is 12.4 Å². The lowest BCUT2D eigenvalue weighted by molar-refractivity contribution is 0.415. The van der Waals surface area contributed by atoms with Crippen LogP contribution >= 0.6 is 0 Å². The summed E-state index contributed by atoms with van der Waals surface area (Å²) in [5.41, 5.74) is 8.78. The smallest absolute Gasteiger partial charge is 0.119 e. The third-order valence-electron chi connectivity index (χ3n) is 2.60. The summed E-state index contributed by atoms with van der Waals surface area (Å²) in [5, 5.41) is 3.32. The molecule has 1 aromatic heterocycles. The molecule has 17 heavy (non-hydrogen) atoms. The van der Waals surface area contributed by atoms with Gasteiger partial charge in [-0.2, -0.15) is 0 Å². The standard InChI is InChI=1S/C13H17N3O/c1-17-13-6-4-10(5-7-13)15-9-12-3-2-11(8-14)16-12/h2-7,15-16H,8-9,14H2,1H3. The Labute approximate surface area is 101 Å². The Morgan fingerprint density at radius 3 is 2.41 bits per heavy atom. The quantitative estimate of drug-likeness (QED) is 0.738. The molecule has 4 nitrogen and oxygen atoms in total. The molecule has 4 heteroatoms. The molecule has 2 aromatic rings. The van der Waals surface area contributed by atoms with Crippen LogP contribution in [0.4, 0.5) is 5.69 Å². The highest BCUT2D eigenvalue weighted by atomic mass is 16.5. The Balaban J connectivity index is 1.92. The van der Waals surface area contributed by atoms with E-state index in [1.54, 1.807) is 7.11 Å². The van der Waals surface area contributed by atoms with Crippen molar-refractivity contribution in [2.24, 2.45) is 5.73 Å². The molecule has 0 aliphatic rings. The van der Waals surface area contributed by atoms with E-state index in [9.17, 15) is 0 Å². The maximum absolute atomic E-state index is 5.54. The van der Waals surface area contributed by atoms with Crippen LogP contribution in [-0.2, 0) is 13.1 Å². The van der Waals surface area contributed by atoms with E-state index in [4.69, 9.17) is 10.5 Å². The van der Waals surface area contributed by atoms with Crippen molar-refractivity contribution in [3.8, 4) is 5.75 Å². The number of nitrogens with one attached hydrogen (secondary N) is 2. The Morgan fingerprint density at radius 1 is 1.12 bits per heavy atom.